The minimum atomic E-state index is -1.29. The summed E-state index contributed by atoms with van der Waals surface area (Å²) in [7, 11) is 0. The number of aliphatic hydroxyl groups excluding tert-OH is 2. The van der Waals surface area contributed by atoms with Gasteiger partial charge in [0.25, 0.3) is 0 Å². The summed E-state index contributed by atoms with van der Waals surface area (Å²) in [6, 6.07) is -0.743. The van der Waals surface area contributed by atoms with Crippen LogP contribution in [0.25, 0.3) is 0 Å². The molecule has 1 heterocycles. The first-order chi connectivity index (χ1) is 5.15. The highest BCUT2D eigenvalue weighted by molar-refractivity contribution is 5.98. The van der Waals surface area contributed by atoms with Crippen LogP contribution >= 0.6 is 0 Å². The number of carbonyl (C=O) groups excluding carboxylic acids is 2. The fourth-order valence-electron chi connectivity index (χ4n) is 0.802. The molecule has 3 amide bonds. The van der Waals surface area contributed by atoms with E-state index >= 15 is 0 Å². The molecule has 0 aromatic carbocycles. The molecule has 6 nitrogen and oxygen atoms in total. The number of carbonyl (C=O) groups is 2. The van der Waals surface area contributed by atoms with E-state index in [2.05, 4.69) is 0 Å². The van der Waals surface area contributed by atoms with Crippen LogP contribution < -0.4 is 10.6 Å². The monoisotopic (exact) mass is 160 g/mol. The second kappa shape index (κ2) is 2.85. The maximum Gasteiger partial charge on any atom is 0.323 e. The topological polar surface area (TPSA) is 98.7 Å². The Morgan fingerprint density at radius 3 is 2.55 bits per heavy atom. The van der Waals surface area contributed by atoms with Crippen molar-refractivity contribution in [3.8, 4) is 0 Å². The van der Waals surface area contributed by atoms with Crippen molar-refractivity contribution in [2.75, 3.05) is 6.61 Å². The number of imide groups is 1. The molecule has 1 aliphatic rings. The lowest BCUT2D eigenvalue weighted by Gasteiger charge is -2.25. The average molecular weight is 160 g/mol. The van der Waals surface area contributed by atoms with Crippen LogP contribution in [0, 0.1) is 5.92 Å². The minimum Gasteiger partial charge on any atom is -0.395 e. The zero-order chi connectivity index (χ0) is 8.43. The second-order valence-electron chi connectivity index (χ2n) is 2.20. The van der Waals surface area contributed by atoms with Gasteiger partial charge in [0.05, 0.1) is 6.61 Å². The molecular weight excluding hydrogens is 152 g/mol. The molecule has 0 spiro atoms. The summed E-state index contributed by atoms with van der Waals surface area (Å²) >= 11 is 0. The van der Waals surface area contributed by atoms with Gasteiger partial charge in [-0.3, -0.25) is 10.1 Å². The van der Waals surface area contributed by atoms with E-state index in [1.54, 1.807) is 0 Å². The van der Waals surface area contributed by atoms with Gasteiger partial charge < -0.3 is 15.5 Å². The van der Waals surface area contributed by atoms with Crippen LogP contribution in [0.2, 0.25) is 0 Å². The molecule has 0 aromatic heterocycles. The molecule has 0 aromatic rings. The van der Waals surface area contributed by atoms with Crippen molar-refractivity contribution in [2.24, 2.45) is 5.92 Å². The summed E-state index contributed by atoms with van der Waals surface area (Å²) in [5.41, 5.74) is 0. The highest BCUT2D eigenvalue weighted by atomic mass is 16.3. The first-order valence-electron chi connectivity index (χ1n) is 3.05. The molecule has 0 bridgehead atoms. The summed E-state index contributed by atoms with van der Waals surface area (Å²) in [6.45, 7) is -0.493. The summed E-state index contributed by atoms with van der Waals surface area (Å²) < 4.78 is 0. The lowest BCUT2D eigenvalue weighted by molar-refractivity contribution is -0.131. The number of hydrogen-bond donors (Lipinski definition) is 4. The highest BCUT2D eigenvalue weighted by Gasteiger charge is 2.33. The zero-order valence-corrected chi connectivity index (χ0v) is 5.57. The largest absolute Gasteiger partial charge is 0.395 e. The Hall–Kier alpha value is -1.14. The van der Waals surface area contributed by atoms with Gasteiger partial charge in [-0.25, -0.2) is 4.79 Å². The van der Waals surface area contributed by atoms with Crippen LogP contribution in [0.15, 0.2) is 0 Å². The van der Waals surface area contributed by atoms with Crippen molar-refractivity contribution in [3.63, 3.8) is 0 Å². The number of hydrogen-bond acceptors (Lipinski definition) is 4. The zero-order valence-electron chi connectivity index (χ0n) is 5.57. The van der Waals surface area contributed by atoms with Crippen LogP contribution in [0.1, 0.15) is 0 Å². The van der Waals surface area contributed by atoms with Gasteiger partial charge in [-0.2, -0.15) is 0 Å². The number of rotatable bonds is 1. The first-order valence-corrected chi connectivity index (χ1v) is 3.05. The lowest BCUT2D eigenvalue weighted by atomic mass is 10.1. The molecule has 2 atom stereocenters. The highest BCUT2D eigenvalue weighted by Crippen LogP contribution is 2.04. The number of nitrogens with one attached hydrogen (secondary N) is 2. The Balaban J connectivity index is 2.66. The third kappa shape index (κ3) is 1.47. The summed E-state index contributed by atoms with van der Waals surface area (Å²) in [5.74, 6) is -1.63. The standard InChI is InChI=1S/C5H8N2O4/c8-1-2-3(9)6-5(11)7-4(2)10/h2-3,8-9H,1H2,(H2,6,7,10,11). The Bertz CT molecular complexity index is 193. The second-order valence-corrected chi connectivity index (χ2v) is 2.20. The van der Waals surface area contributed by atoms with E-state index in [-0.39, 0.29) is 0 Å². The molecule has 1 fully saturated rings. The van der Waals surface area contributed by atoms with Gasteiger partial charge in [-0.15, -0.1) is 0 Å². The minimum absolute atomic E-state index is 0.493. The van der Waals surface area contributed by atoms with Gasteiger partial charge in [0, 0.05) is 0 Å². The van der Waals surface area contributed by atoms with Gasteiger partial charge in [-0.05, 0) is 0 Å². The van der Waals surface area contributed by atoms with E-state index in [4.69, 9.17) is 10.2 Å². The van der Waals surface area contributed by atoms with Crippen LogP contribution in [0.4, 0.5) is 4.79 Å². The summed E-state index contributed by atoms with van der Waals surface area (Å²) in [4.78, 5) is 21.2. The van der Waals surface area contributed by atoms with Gasteiger partial charge in [-0.1, -0.05) is 0 Å². The molecular formula is C5H8N2O4. The van der Waals surface area contributed by atoms with E-state index < -0.39 is 30.7 Å². The first kappa shape index (κ1) is 7.96. The average Bonchev–Trinajstić information content (AvgIpc) is 1.85. The molecule has 4 N–H and O–H groups in total. The summed E-state index contributed by atoms with van der Waals surface area (Å²) in [5, 5.41) is 21.4. The number of aliphatic hydroxyl groups is 2. The quantitative estimate of drug-likeness (QED) is 0.348. The maximum absolute atomic E-state index is 10.8. The van der Waals surface area contributed by atoms with Gasteiger partial charge in [0.2, 0.25) is 5.91 Å². The number of amides is 3. The molecule has 62 valence electrons. The molecule has 2 unspecified atom stereocenters. The molecule has 1 rings (SSSR count). The van der Waals surface area contributed by atoms with Crippen molar-refractivity contribution in [2.45, 2.75) is 6.23 Å². The molecule has 6 heteroatoms. The van der Waals surface area contributed by atoms with Crippen molar-refractivity contribution in [1.82, 2.24) is 10.6 Å². The predicted molar refractivity (Wildman–Crippen MR) is 33.3 cm³/mol. The van der Waals surface area contributed by atoms with Crippen molar-refractivity contribution >= 4 is 11.9 Å². The van der Waals surface area contributed by atoms with E-state index in [1.165, 1.54) is 0 Å². The van der Waals surface area contributed by atoms with Gasteiger partial charge in [0.1, 0.15) is 12.1 Å². The Morgan fingerprint density at radius 1 is 1.45 bits per heavy atom. The predicted octanol–water partition coefficient (Wildman–Crippen LogP) is -2.25. The molecule has 0 aliphatic carbocycles. The fraction of sp³-hybridized carbons (Fsp3) is 0.600. The molecule has 1 saturated heterocycles. The molecule has 0 radical (unpaired) electrons. The van der Waals surface area contributed by atoms with Crippen molar-refractivity contribution < 1.29 is 19.8 Å². The SMILES string of the molecule is O=C1NC(=O)C(CO)C(O)N1. The number of urea groups is 1. The third-order valence-corrected chi connectivity index (χ3v) is 1.43. The third-order valence-electron chi connectivity index (χ3n) is 1.43. The molecule has 1 aliphatic heterocycles. The molecule has 0 saturated carbocycles. The summed E-state index contributed by atoms with van der Waals surface area (Å²) in [6.07, 6.45) is -1.29. The Morgan fingerprint density at radius 2 is 2.09 bits per heavy atom. The van der Waals surface area contributed by atoms with Crippen LogP contribution in [0.3, 0.4) is 0 Å². The fourth-order valence-corrected chi connectivity index (χ4v) is 0.802. The van der Waals surface area contributed by atoms with Crippen LogP contribution in [0.5, 0.6) is 0 Å². The molecule has 11 heavy (non-hydrogen) atoms. The van der Waals surface area contributed by atoms with E-state index in [0.717, 1.165) is 0 Å². The van der Waals surface area contributed by atoms with E-state index in [0.29, 0.717) is 0 Å². The van der Waals surface area contributed by atoms with Crippen LogP contribution in [-0.2, 0) is 4.79 Å². The normalized spacial score (nSPS) is 31.1. The Labute approximate surface area is 62.2 Å². The van der Waals surface area contributed by atoms with Gasteiger partial charge >= 0.3 is 6.03 Å². The van der Waals surface area contributed by atoms with Crippen molar-refractivity contribution in [1.29, 1.82) is 0 Å². The Kier molecular flexibility index (Phi) is 2.06. The van der Waals surface area contributed by atoms with Crippen molar-refractivity contribution in [3.05, 3.63) is 0 Å². The van der Waals surface area contributed by atoms with E-state index in [9.17, 15) is 9.59 Å². The van der Waals surface area contributed by atoms with E-state index in [1.807, 2.05) is 10.6 Å². The lowest BCUT2D eigenvalue weighted by Crippen LogP contribution is -2.59. The van der Waals surface area contributed by atoms with Gasteiger partial charge in [0.15, 0.2) is 0 Å². The maximum atomic E-state index is 10.8. The smallest absolute Gasteiger partial charge is 0.323 e. The van der Waals surface area contributed by atoms with Crippen LogP contribution in [-0.4, -0.2) is 35.0 Å².